The zero-order chi connectivity index (χ0) is 41.3. The van der Waals surface area contributed by atoms with Crippen molar-refractivity contribution in [1.29, 1.82) is 0 Å². The molecule has 2 aromatic heterocycles. The third-order valence-electron chi connectivity index (χ3n) is 12.0. The van der Waals surface area contributed by atoms with E-state index in [-0.39, 0.29) is 37.3 Å². The molecule has 2 saturated heterocycles. The van der Waals surface area contributed by atoms with E-state index in [1.54, 1.807) is 31.2 Å². The molecule has 1 N–H and O–H groups in total. The second kappa shape index (κ2) is 16.5. The quantitative estimate of drug-likeness (QED) is 0.0892. The van der Waals surface area contributed by atoms with Crippen molar-refractivity contribution in [2.24, 2.45) is 0 Å². The Hall–Kier alpha value is -6.65. The molecule has 6 heterocycles. The highest BCUT2D eigenvalue weighted by Gasteiger charge is 2.40. The van der Waals surface area contributed by atoms with Crippen LogP contribution in [0.25, 0.3) is 33.3 Å². The lowest BCUT2D eigenvalue weighted by molar-refractivity contribution is -0.137. The smallest absolute Gasteiger partial charge is 0.338 e. The first kappa shape index (κ1) is 38.8. The van der Waals surface area contributed by atoms with E-state index in [1.807, 2.05) is 41.4 Å². The second-order valence-electron chi connectivity index (χ2n) is 15.7. The highest BCUT2D eigenvalue weighted by atomic mass is 16.5. The SMILES string of the molecule is CC(=O)N1CCn2c(C3CCOCC3)nc(-c3cccc4cc(-c5ccc(C(=O)OCCCC#Cc6cccc7c6CN(C6CCC(=O)NC6=O)C7=O)cc5)ncc34)c2C1. The Morgan fingerprint density at radius 1 is 0.950 bits per heavy atom. The summed E-state index contributed by atoms with van der Waals surface area (Å²) in [6, 6.07) is 20.1. The van der Waals surface area contributed by atoms with Crippen LogP contribution >= 0.6 is 0 Å². The first-order valence-corrected chi connectivity index (χ1v) is 20.6. The van der Waals surface area contributed by atoms with E-state index in [2.05, 4.69) is 33.9 Å². The van der Waals surface area contributed by atoms with Gasteiger partial charge in [0, 0.05) is 92.4 Å². The number of amides is 4. The highest BCUT2D eigenvalue weighted by molar-refractivity contribution is 6.05. The zero-order valence-electron chi connectivity index (χ0n) is 33.4. The Morgan fingerprint density at radius 3 is 2.55 bits per heavy atom. The lowest BCUT2D eigenvalue weighted by atomic mass is 9.99. The maximum Gasteiger partial charge on any atom is 0.338 e. The molecule has 2 fully saturated rings. The average Bonchev–Trinajstić information content (AvgIpc) is 3.82. The number of piperidine rings is 1. The number of ether oxygens (including phenoxy) is 2. The van der Waals surface area contributed by atoms with E-state index in [0.29, 0.717) is 55.0 Å². The molecule has 0 bridgehead atoms. The molecular weight excluding hydrogens is 761 g/mol. The summed E-state index contributed by atoms with van der Waals surface area (Å²) >= 11 is 0. The van der Waals surface area contributed by atoms with Gasteiger partial charge in [0.05, 0.1) is 35.8 Å². The number of rotatable bonds is 8. The van der Waals surface area contributed by atoms with Crippen LogP contribution in [0.15, 0.2) is 72.9 Å². The summed E-state index contributed by atoms with van der Waals surface area (Å²) in [5, 5.41) is 4.32. The fraction of sp³-hybridized carbons (Fsp3) is 0.340. The number of aromatic nitrogens is 3. The molecule has 0 spiro atoms. The molecule has 0 aliphatic carbocycles. The molecule has 60 heavy (non-hydrogen) atoms. The van der Waals surface area contributed by atoms with Crippen molar-refractivity contribution in [3.8, 4) is 34.4 Å². The normalized spacial score (nSPS) is 17.8. The summed E-state index contributed by atoms with van der Waals surface area (Å²) in [6.07, 6.45) is 5.25. The predicted molar refractivity (Wildman–Crippen MR) is 221 cm³/mol. The van der Waals surface area contributed by atoms with Gasteiger partial charge in [-0.3, -0.25) is 29.5 Å². The number of imide groups is 1. The van der Waals surface area contributed by atoms with Crippen LogP contribution in [-0.2, 0) is 43.5 Å². The van der Waals surface area contributed by atoms with Crippen LogP contribution in [0.5, 0.6) is 0 Å². The second-order valence-corrected chi connectivity index (χ2v) is 15.7. The Bertz CT molecular complexity index is 2620. The van der Waals surface area contributed by atoms with E-state index in [9.17, 15) is 24.0 Å². The third-order valence-corrected chi connectivity index (χ3v) is 12.0. The van der Waals surface area contributed by atoms with Gasteiger partial charge < -0.3 is 23.8 Å². The maximum atomic E-state index is 13.1. The highest BCUT2D eigenvalue weighted by Crippen LogP contribution is 2.38. The molecule has 1 unspecified atom stereocenters. The summed E-state index contributed by atoms with van der Waals surface area (Å²) < 4.78 is 13.5. The average molecular weight is 805 g/mol. The van der Waals surface area contributed by atoms with Crippen molar-refractivity contribution in [3.63, 3.8) is 0 Å². The minimum Gasteiger partial charge on any atom is -0.462 e. The number of hydrogen-bond donors (Lipinski definition) is 1. The standard InChI is InChI=1S/C47H44N6O7/c1-29(54)51-20-21-52-41(28-51)43(50-44(52)32-18-23-59-24-19-32)35-10-6-9-34-25-39(48-26-37(34)35)31-12-14-33(15-13-31)47(58)60-22-4-2-3-7-30-8-5-11-36-38(30)27-53(46(36)57)40-16-17-42(55)49-45(40)56/h5-6,8-15,25-26,32,40H,2,4,16-24,27-28H2,1H3,(H,49,55,56). The van der Waals surface area contributed by atoms with Gasteiger partial charge in [0.15, 0.2) is 0 Å². The molecule has 0 radical (unpaired) electrons. The molecular formula is C47H44N6O7. The molecule has 5 aromatic rings. The van der Waals surface area contributed by atoms with Crippen molar-refractivity contribution in [2.75, 3.05) is 26.4 Å². The van der Waals surface area contributed by atoms with Crippen LogP contribution in [0.3, 0.4) is 0 Å². The summed E-state index contributed by atoms with van der Waals surface area (Å²) in [4.78, 5) is 76.0. The first-order valence-electron chi connectivity index (χ1n) is 20.6. The van der Waals surface area contributed by atoms with Gasteiger partial charge in [-0.1, -0.05) is 48.2 Å². The summed E-state index contributed by atoms with van der Waals surface area (Å²) in [5.41, 5.74) is 7.01. The molecule has 4 amide bonds. The fourth-order valence-electron chi connectivity index (χ4n) is 8.73. The first-order chi connectivity index (χ1) is 29.2. The molecule has 4 aliphatic rings. The number of hydrogen-bond acceptors (Lipinski definition) is 9. The van der Waals surface area contributed by atoms with E-state index in [4.69, 9.17) is 19.4 Å². The number of carbonyl (C=O) groups is 5. The lowest BCUT2D eigenvalue weighted by Crippen LogP contribution is -2.52. The monoisotopic (exact) mass is 804 g/mol. The van der Waals surface area contributed by atoms with Crippen molar-refractivity contribution >= 4 is 40.4 Å². The van der Waals surface area contributed by atoms with Gasteiger partial charge in [0.25, 0.3) is 5.91 Å². The zero-order valence-corrected chi connectivity index (χ0v) is 33.4. The number of unbranched alkanes of at least 4 members (excludes halogenated alkanes) is 1. The lowest BCUT2D eigenvalue weighted by Gasteiger charge is -2.30. The minimum absolute atomic E-state index is 0.0579. The largest absolute Gasteiger partial charge is 0.462 e. The van der Waals surface area contributed by atoms with Gasteiger partial charge in [-0.15, -0.1) is 0 Å². The van der Waals surface area contributed by atoms with Gasteiger partial charge in [0.1, 0.15) is 11.9 Å². The van der Waals surface area contributed by atoms with Crippen molar-refractivity contribution < 1.29 is 33.4 Å². The predicted octanol–water partition coefficient (Wildman–Crippen LogP) is 5.77. The number of fused-ring (bicyclic) bond motifs is 3. The van der Waals surface area contributed by atoms with Crippen LogP contribution < -0.4 is 5.32 Å². The van der Waals surface area contributed by atoms with E-state index < -0.39 is 17.9 Å². The van der Waals surface area contributed by atoms with E-state index >= 15 is 0 Å². The van der Waals surface area contributed by atoms with Crippen LogP contribution in [-0.4, -0.2) is 86.3 Å². The number of nitrogens with zero attached hydrogens (tertiary/aromatic N) is 5. The fourth-order valence-corrected chi connectivity index (χ4v) is 8.73. The van der Waals surface area contributed by atoms with Crippen molar-refractivity contribution in [1.82, 2.24) is 29.7 Å². The number of pyridine rings is 1. The van der Waals surface area contributed by atoms with Crippen LogP contribution in [0.4, 0.5) is 0 Å². The molecule has 304 valence electrons. The molecule has 0 saturated carbocycles. The van der Waals surface area contributed by atoms with Gasteiger partial charge >= 0.3 is 5.97 Å². The Labute approximate surface area is 347 Å². The number of carbonyl (C=O) groups excluding carboxylic acids is 5. The van der Waals surface area contributed by atoms with Gasteiger partial charge in [0.2, 0.25) is 17.7 Å². The van der Waals surface area contributed by atoms with Crippen LogP contribution in [0, 0.1) is 11.8 Å². The topological polar surface area (TPSA) is 153 Å². The summed E-state index contributed by atoms with van der Waals surface area (Å²) in [5.74, 6) is 6.30. The Morgan fingerprint density at radius 2 is 1.75 bits per heavy atom. The molecule has 4 aliphatic heterocycles. The van der Waals surface area contributed by atoms with Gasteiger partial charge in [-0.2, -0.15) is 0 Å². The third kappa shape index (κ3) is 7.55. The number of imidazole rings is 1. The van der Waals surface area contributed by atoms with Crippen molar-refractivity contribution in [2.45, 2.75) is 77.0 Å². The maximum absolute atomic E-state index is 13.1. The van der Waals surface area contributed by atoms with Crippen LogP contribution in [0.2, 0.25) is 0 Å². The van der Waals surface area contributed by atoms with Gasteiger partial charge in [-0.05, 0) is 67.0 Å². The Balaban J connectivity index is 0.832. The molecule has 13 nitrogen and oxygen atoms in total. The minimum atomic E-state index is -0.683. The van der Waals surface area contributed by atoms with Crippen LogP contribution in [0.1, 0.15) is 94.7 Å². The number of esters is 1. The van der Waals surface area contributed by atoms with Crippen molar-refractivity contribution in [3.05, 3.63) is 107 Å². The van der Waals surface area contributed by atoms with E-state index in [0.717, 1.165) is 83.0 Å². The summed E-state index contributed by atoms with van der Waals surface area (Å²) in [7, 11) is 0. The molecule has 13 heteroatoms. The van der Waals surface area contributed by atoms with E-state index in [1.165, 1.54) is 4.90 Å². The number of benzene rings is 3. The van der Waals surface area contributed by atoms with Gasteiger partial charge in [-0.25, -0.2) is 9.78 Å². The molecule has 9 rings (SSSR count). The Kier molecular flexibility index (Phi) is 10.7. The molecule has 1 atom stereocenters. The molecule has 3 aromatic carbocycles. The number of nitrogens with one attached hydrogen (secondary N) is 1. The summed E-state index contributed by atoms with van der Waals surface area (Å²) in [6.45, 7) is 5.43.